The normalized spacial score (nSPS) is 26.5. The highest BCUT2D eigenvalue weighted by atomic mass is 16.3. The number of aromatic hydroxyl groups is 1. The van der Waals surface area contributed by atoms with Crippen LogP contribution in [0, 0.1) is 11.3 Å². The van der Waals surface area contributed by atoms with Gasteiger partial charge in [-0.15, -0.1) is 10.2 Å². The van der Waals surface area contributed by atoms with Crippen LogP contribution < -0.4 is 10.2 Å². The maximum Gasteiger partial charge on any atom is 0.151 e. The van der Waals surface area contributed by atoms with Gasteiger partial charge in [-0.2, -0.15) is 10.4 Å². The zero-order chi connectivity index (χ0) is 23.2. The number of phenolic OH excluding ortho intramolecular Hbond substituents is 1. The average molecular weight is 444 g/mol. The van der Waals surface area contributed by atoms with Gasteiger partial charge in [-0.05, 0) is 70.2 Å². The monoisotopic (exact) mass is 443 g/mol. The summed E-state index contributed by atoms with van der Waals surface area (Å²) in [5.74, 6) is 0.927. The number of fused-ring (bicyclic) bond motifs is 2. The molecular weight excluding hydrogens is 414 g/mol. The lowest BCUT2D eigenvalue weighted by Gasteiger charge is -2.55. The highest BCUT2D eigenvalue weighted by Crippen LogP contribution is 2.42. The number of benzene rings is 1. The lowest BCUT2D eigenvalue weighted by atomic mass is 9.69. The van der Waals surface area contributed by atoms with E-state index in [9.17, 15) is 5.11 Å². The molecule has 4 heterocycles. The van der Waals surface area contributed by atoms with E-state index in [-0.39, 0.29) is 16.8 Å². The minimum atomic E-state index is 0.0870. The molecular formula is C25H29N7O. The number of hydrogen-bond donors (Lipinski definition) is 2. The number of aromatic nitrogens is 4. The Morgan fingerprint density at radius 2 is 1.91 bits per heavy atom. The number of rotatable bonds is 4. The van der Waals surface area contributed by atoms with Crippen LogP contribution in [0.15, 0.2) is 42.7 Å². The second kappa shape index (κ2) is 7.85. The summed E-state index contributed by atoms with van der Waals surface area (Å²) in [5.41, 5.74) is 2.69. The zero-order valence-electron chi connectivity index (χ0n) is 19.3. The van der Waals surface area contributed by atoms with Crippen LogP contribution in [0.2, 0.25) is 0 Å². The SMILES string of the molecule is CN(c1ccc(-c2ccc(-n3cc(C#N)cn3)cc2O)nn1)C1C[C@]2(C)CCC[C@](C)(C1)N2. The Morgan fingerprint density at radius 3 is 2.52 bits per heavy atom. The van der Waals surface area contributed by atoms with Gasteiger partial charge >= 0.3 is 0 Å². The Balaban J connectivity index is 1.35. The van der Waals surface area contributed by atoms with Crippen molar-refractivity contribution in [1.29, 1.82) is 5.26 Å². The van der Waals surface area contributed by atoms with Crippen LogP contribution in [0.1, 0.15) is 51.5 Å². The number of hydrogen-bond acceptors (Lipinski definition) is 7. The van der Waals surface area contributed by atoms with Gasteiger partial charge < -0.3 is 15.3 Å². The largest absolute Gasteiger partial charge is 0.507 e. The van der Waals surface area contributed by atoms with Crippen molar-refractivity contribution in [3.05, 3.63) is 48.3 Å². The predicted octanol–water partition coefficient (Wildman–Crippen LogP) is 3.80. The van der Waals surface area contributed by atoms with E-state index in [2.05, 4.69) is 52.5 Å². The lowest BCUT2D eigenvalue weighted by molar-refractivity contribution is 0.0784. The Kier molecular flexibility index (Phi) is 5.09. The molecule has 2 aliphatic rings. The second-order valence-electron chi connectivity index (χ2n) is 10.0. The van der Waals surface area contributed by atoms with E-state index in [1.165, 1.54) is 25.5 Å². The fourth-order valence-electron chi connectivity index (χ4n) is 5.66. The number of anilines is 1. The highest BCUT2D eigenvalue weighted by Gasteiger charge is 2.46. The molecule has 170 valence electrons. The Morgan fingerprint density at radius 1 is 1.15 bits per heavy atom. The first-order valence-electron chi connectivity index (χ1n) is 11.4. The zero-order valence-corrected chi connectivity index (χ0v) is 19.3. The van der Waals surface area contributed by atoms with Crippen molar-refractivity contribution in [2.24, 2.45) is 0 Å². The Labute approximate surface area is 193 Å². The number of nitrogens with zero attached hydrogens (tertiary/aromatic N) is 6. The summed E-state index contributed by atoms with van der Waals surface area (Å²) in [7, 11) is 2.11. The van der Waals surface area contributed by atoms with Gasteiger partial charge in [0, 0.05) is 42.0 Å². The topological polar surface area (TPSA) is 103 Å². The summed E-state index contributed by atoms with van der Waals surface area (Å²) < 4.78 is 1.56. The molecule has 2 N–H and O–H groups in total. The first-order valence-corrected chi connectivity index (χ1v) is 11.4. The van der Waals surface area contributed by atoms with E-state index in [1.807, 2.05) is 18.2 Å². The number of piperidine rings is 2. The number of phenols is 1. The molecule has 5 rings (SSSR count). The molecule has 2 fully saturated rings. The van der Waals surface area contributed by atoms with Gasteiger partial charge in [-0.1, -0.05) is 0 Å². The van der Waals surface area contributed by atoms with Crippen molar-refractivity contribution >= 4 is 5.82 Å². The minimum Gasteiger partial charge on any atom is -0.507 e. The fourth-order valence-corrected chi connectivity index (χ4v) is 5.66. The lowest BCUT2D eigenvalue weighted by Crippen LogP contribution is -2.66. The molecule has 8 heteroatoms. The molecule has 2 aliphatic heterocycles. The first-order chi connectivity index (χ1) is 15.8. The van der Waals surface area contributed by atoms with E-state index >= 15 is 0 Å². The molecule has 0 saturated carbocycles. The quantitative estimate of drug-likeness (QED) is 0.632. The molecule has 0 spiro atoms. The van der Waals surface area contributed by atoms with Gasteiger partial charge in [0.1, 0.15) is 11.8 Å². The standard InChI is InChI=1S/C25H29N7O/c1-24-9-4-10-25(2,30-24)13-19(12-24)31(3)23-8-7-21(28-29-23)20-6-5-18(11-22(20)33)32-16-17(14-26)15-27-32/h5-8,11,15-16,19,30,33H,4,9-10,12-13H2,1-3H3/t19?,24-,25+. The molecule has 0 radical (unpaired) electrons. The Bertz CT molecular complexity index is 1200. The third-order valence-corrected chi connectivity index (χ3v) is 7.23. The van der Waals surface area contributed by atoms with Crippen LogP contribution in [0.25, 0.3) is 16.9 Å². The van der Waals surface area contributed by atoms with Crippen molar-refractivity contribution in [2.75, 3.05) is 11.9 Å². The van der Waals surface area contributed by atoms with Gasteiger partial charge in [-0.3, -0.25) is 0 Å². The molecule has 3 aromatic rings. The van der Waals surface area contributed by atoms with Gasteiger partial charge in [0.05, 0.1) is 23.1 Å². The van der Waals surface area contributed by atoms with Crippen molar-refractivity contribution in [3.8, 4) is 28.8 Å². The second-order valence-corrected chi connectivity index (χ2v) is 10.0. The van der Waals surface area contributed by atoms with E-state index < -0.39 is 0 Å². The number of nitriles is 1. The van der Waals surface area contributed by atoms with Crippen molar-refractivity contribution in [2.45, 2.75) is 63.1 Å². The summed E-state index contributed by atoms with van der Waals surface area (Å²) in [6, 6.07) is 11.6. The van der Waals surface area contributed by atoms with Crippen molar-refractivity contribution in [3.63, 3.8) is 0 Å². The first kappa shape index (κ1) is 21.4. The molecule has 8 nitrogen and oxygen atoms in total. The molecule has 2 aromatic heterocycles. The number of nitrogens with one attached hydrogen (secondary N) is 1. The summed E-state index contributed by atoms with van der Waals surface area (Å²) in [5, 5.41) is 36.5. The smallest absolute Gasteiger partial charge is 0.151 e. The van der Waals surface area contributed by atoms with Crippen LogP contribution in [0.4, 0.5) is 5.82 Å². The van der Waals surface area contributed by atoms with Crippen LogP contribution in [0.5, 0.6) is 5.75 Å². The molecule has 3 atom stereocenters. The van der Waals surface area contributed by atoms with Gasteiger partial charge in [0.15, 0.2) is 5.82 Å². The maximum atomic E-state index is 10.6. The summed E-state index contributed by atoms with van der Waals surface area (Å²) in [4.78, 5) is 2.26. The third kappa shape index (κ3) is 4.05. The van der Waals surface area contributed by atoms with E-state index in [1.54, 1.807) is 23.0 Å². The van der Waals surface area contributed by atoms with Crippen LogP contribution in [0.3, 0.4) is 0 Å². The summed E-state index contributed by atoms with van der Waals surface area (Å²) in [6.45, 7) is 4.69. The molecule has 0 amide bonds. The van der Waals surface area contributed by atoms with Crippen molar-refractivity contribution < 1.29 is 5.11 Å². The highest BCUT2D eigenvalue weighted by molar-refractivity contribution is 5.69. The van der Waals surface area contributed by atoms with E-state index in [0.717, 1.165) is 18.7 Å². The van der Waals surface area contributed by atoms with Crippen LogP contribution in [-0.4, -0.2) is 49.3 Å². The Hall–Kier alpha value is -3.44. The van der Waals surface area contributed by atoms with E-state index in [0.29, 0.717) is 28.6 Å². The molecule has 2 saturated heterocycles. The predicted molar refractivity (Wildman–Crippen MR) is 126 cm³/mol. The summed E-state index contributed by atoms with van der Waals surface area (Å²) in [6.07, 6.45) is 8.99. The fraction of sp³-hybridized carbons (Fsp3) is 0.440. The third-order valence-electron chi connectivity index (χ3n) is 7.23. The van der Waals surface area contributed by atoms with Gasteiger partial charge in [0.25, 0.3) is 0 Å². The summed E-state index contributed by atoms with van der Waals surface area (Å²) >= 11 is 0. The van der Waals surface area contributed by atoms with E-state index in [4.69, 9.17) is 5.26 Å². The van der Waals surface area contributed by atoms with Crippen LogP contribution >= 0.6 is 0 Å². The molecule has 0 aliphatic carbocycles. The van der Waals surface area contributed by atoms with Gasteiger partial charge in [-0.25, -0.2) is 4.68 Å². The molecule has 2 bridgehead atoms. The van der Waals surface area contributed by atoms with Gasteiger partial charge in [0.2, 0.25) is 0 Å². The van der Waals surface area contributed by atoms with Crippen LogP contribution in [-0.2, 0) is 0 Å². The maximum absolute atomic E-state index is 10.6. The van der Waals surface area contributed by atoms with Crippen molar-refractivity contribution in [1.82, 2.24) is 25.3 Å². The molecule has 1 unspecified atom stereocenters. The average Bonchev–Trinajstić information content (AvgIpc) is 3.27. The molecule has 1 aromatic carbocycles. The minimum absolute atomic E-state index is 0.0870. The molecule has 33 heavy (non-hydrogen) atoms.